The van der Waals surface area contributed by atoms with E-state index in [1.54, 1.807) is 0 Å². The number of carboxylic acids is 1. The van der Waals surface area contributed by atoms with Crippen LogP contribution in [-0.2, 0) is 4.79 Å². The van der Waals surface area contributed by atoms with Crippen molar-refractivity contribution < 1.29 is 19.8 Å². The molecule has 0 saturated heterocycles. The molecule has 1 aromatic rings. The highest BCUT2D eigenvalue weighted by molar-refractivity contribution is 9.10. The van der Waals surface area contributed by atoms with Crippen molar-refractivity contribution >= 4 is 39.3 Å². The summed E-state index contributed by atoms with van der Waals surface area (Å²) in [6.07, 6.45) is -1.65. The Bertz CT molecular complexity index is 459. The van der Waals surface area contributed by atoms with Crippen LogP contribution in [-0.4, -0.2) is 27.3 Å². The molecule has 2 unspecified atom stereocenters. The van der Waals surface area contributed by atoms with E-state index in [9.17, 15) is 14.7 Å². The number of carbonyl (C=O) groups excluding carboxylic acids is 1. The van der Waals surface area contributed by atoms with Gasteiger partial charge in [0.1, 0.15) is 0 Å². The average molecular weight is 322 g/mol. The van der Waals surface area contributed by atoms with Crippen molar-refractivity contribution in [2.24, 2.45) is 0 Å². The Balaban J connectivity index is 3.19. The molecule has 6 heteroatoms. The first kappa shape index (κ1) is 14.2. The van der Waals surface area contributed by atoms with Gasteiger partial charge in [0, 0.05) is 10.0 Å². The molecule has 17 heavy (non-hydrogen) atoms. The van der Waals surface area contributed by atoms with Crippen LogP contribution in [0.25, 0.3) is 0 Å². The van der Waals surface area contributed by atoms with Gasteiger partial charge in [-0.05, 0) is 24.6 Å². The Hall–Kier alpha value is -0.910. The second-order valence-corrected chi connectivity index (χ2v) is 4.97. The minimum Gasteiger partial charge on any atom is -0.479 e. The van der Waals surface area contributed by atoms with Crippen LogP contribution in [0.1, 0.15) is 28.9 Å². The first-order valence-electron chi connectivity index (χ1n) is 4.73. The number of aliphatic hydroxyl groups excluding tert-OH is 1. The zero-order valence-corrected chi connectivity index (χ0v) is 11.2. The Morgan fingerprint density at radius 3 is 2.47 bits per heavy atom. The molecule has 0 amide bonds. The highest BCUT2D eigenvalue weighted by atomic mass is 79.9. The molecule has 0 aromatic heterocycles. The van der Waals surface area contributed by atoms with Gasteiger partial charge in [-0.25, -0.2) is 4.79 Å². The number of hydrogen-bond donors (Lipinski definition) is 2. The number of halogens is 2. The van der Waals surface area contributed by atoms with Crippen LogP contribution < -0.4 is 0 Å². The Morgan fingerprint density at radius 1 is 1.41 bits per heavy atom. The summed E-state index contributed by atoms with van der Waals surface area (Å²) in [5, 5.41) is 17.3. The number of rotatable bonds is 4. The molecule has 1 aromatic carbocycles. The molecule has 0 bridgehead atoms. The van der Waals surface area contributed by atoms with Crippen LogP contribution in [0.5, 0.6) is 0 Å². The second-order valence-electron chi connectivity index (χ2n) is 3.46. The number of hydrogen-bond acceptors (Lipinski definition) is 3. The Kier molecular flexibility index (Phi) is 4.68. The summed E-state index contributed by atoms with van der Waals surface area (Å²) in [7, 11) is 0. The van der Waals surface area contributed by atoms with Crippen molar-refractivity contribution in [3.05, 3.63) is 33.8 Å². The molecule has 0 aliphatic heterocycles. The lowest BCUT2D eigenvalue weighted by Crippen LogP contribution is -2.14. The molecule has 2 N–H and O–H groups in total. The van der Waals surface area contributed by atoms with Crippen LogP contribution in [0, 0.1) is 0 Å². The van der Waals surface area contributed by atoms with Crippen LogP contribution in [0.2, 0.25) is 0 Å². The van der Waals surface area contributed by atoms with Gasteiger partial charge in [0.05, 0.1) is 5.38 Å². The molecular weight excluding hydrogens is 311 g/mol. The summed E-state index contributed by atoms with van der Waals surface area (Å²) >= 11 is 8.86. The average Bonchev–Trinajstić information content (AvgIpc) is 2.27. The number of benzene rings is 1. The van der Waals surface area contributed by atoms with Crippen LogP contribution >= 0.6 is 27.5 Å². The van der Waals surface area contributed by atoms with E-state index >= 15 is 0 Å². The summed E-state index contributed by atoms with van der Waals surface area (Å²) in [4.78, 5) is 22.3. The maximum absolute atomic E-state index is 11.7. The van der Waals surface area contributed by atoms with E-state index in [-0.39, 0.29) is 16.9 Å². The van der Waals surface area contributed by atoms with Gasteiger partial charge >= 0.3 is 5.97 Å². The van der Waals surface area contributed by atoms with Gasteiger partial charge < -0.3 is 10.2 Å². The quantitative estimate of drug-likeness (QED) is 0.659. The number of carbonyl (C=O) groups is 2. The summed E-state index contributed by atoms with van der Waals surface area (Å²) in [5.41, 5.74) is 0.395. The molecule has 0 saturated carbocycles. The van der Waals surface area contributed by atoms with E-state index in [0.29, 0.717) is 4.47 Å². The molecular formula is C11H10BrClO4. The van der Waals surface area contributed by atoms with Crippen molar-refractivity contribution in [3.63, 3.8) is 0 Å². The largest absolute Gasteiger partial charge is 0.479 e. The molecule has 0 radical (unpaired) electrons. The van der Waals surface area contributed by atoms with Crippen molar-refractivity contribution in [1.82, 2.24) is 0 Å². The number of ketones is 1. The van der Waals surface area contributed by atoms with E-state index in [0.717, 1.165) is 0 Å². The van der Waals surface area contributed by atoms with Crippen LogP contribution in [0.4, 0.5) is 0 Å². The second kappa shape index (κ2) is 5.62. The first-order valence-corrected chi connectivity index (χ1v) is 5.96. The molecule has 92 valence electrons. The molecule has 0 aliphatic rings. The predicted molar refractivity (Wildman–Crippen MR) is 66.4 cm³/mol. The van der Waals surface area contributed by atoms with Gasteiger partial charge in [0.15, 0.2) is 11.9 Å². The van der Waals surface area contributed by atoms with Gasteiger partial charge in [-0.15, -0.1) is 11.6 Å². The SMILES string of the molecule is CC(Cl)C(=O)c1cc(C(O)C(=O)O)ccc1Br. The zero-order chi connectivity index (χ0) is 13.2. The smallest absolute Gasteiger partial charge is 0.337 e. The van der Waals surface area contributed by atoms with Crippen molar-refractivity contribution in [2.75, 3.05) is 0 Å². The molecule has 4 nitrogen and oxygen atoms in total. The van der Waals surface area contributed by atoms with E-state index in [1.165, 1.54) is 25.1 Å². The number of aliphatic hydroxyl groups is 1. The van der Waals surface area contributed by atoms with Crippen LogP contribution in [0.15, 0.2) is 22.7 Å². The Morgan fingerprint density at radius 2 is 2.00 bits per heavy atom. The van der Waals surface area contributed by atoms with Crippen molar-refractivity contribution in [1.29, 1.82) is 0 Å². The lowest BCUT2D eigenvalue weighted by Gasteiger charge is -2.10. The predicted octanol–water partition coefficient (Wildman–Crippen LogP) is 2.38. The summed E-state index contributed by atoms with van der Waals surface area (Å²) < 4.78 is 0.510. The van der Waals surface area contributed by atoms with Crippen molar-refractivity contribution in [3.8, 4) is 0 Å². The normalized spacial score (nSPS) is 14.1. The highest BCUT2D eigenvalue weighted by Crippen LogP contribution is 2.24. The minimum atomic E-state index is -1.65. The van der Waals surface area contributed by atoms with E-state index in [4.69, 9.17) is 16.7 Å². The van der Waals surface area contributed by atoms with Gasteiger partial charge in [0.25, 0.3) is 0 Å². The van der Waals surface area contributed by atoms with E-state index in [2.05, 4.69) is 15.9 Å². The number of alkyl halides is 1. The van der Waals surface area contributed by atoms with Crippen LogP contribution in [0.3, 0.4) is 0 Å². The van der Waals surface area contributed by atoms with Gasteiger partial charge in [-0.1, -0.05) is 22.0 Å². The third kappa shape index (κ3) is 3.28. The van der Waals surface area contributed by atoms with Gasteiger partial charge in [-0.3, -0.25) is 4.79 Å². The fourth-order valence-corrected chi connectivity index (χ4v) is 1.82. The molecule has 2 atom stereocenters. The first-order chi connectivity index (χ1) is 7.84. The molecule has 0 aliphatic carbocycles. The summed E-state index contributed by atoms with van der Waals surface area (Å²) in [5.74, 6) is -1.71. The lowest BCUT2D eigenvalue weighted by molar-refractivity contribution is -0.146. The third-order valence-electron chi connectivity index (χ3n) is 2.17. The highest BCUT2D eigenvalue weighted by Gasteiger charge is 2.21. The molecule has 0 spiro atoms. The summed E-state index contributed by atoms with van der Waals surface area (Å²) in [6, 6.07) is 4.26. The fraction of sp³-hybridized carbons (Fsp3) is 0.273. The minimum absolute atomic E-state index is 0.140. The fourth-order valence-electron chi connectivity index (χ4n) is 1.26. The maximum atomic E-state index is 11.7. The zero-order valence-electron chi connectivity index (χ0n) is 8.85. The monoisotopic (exact) mass is 320 g/mol. The van der Waals surface area contributed by atoms with Gasteiger partial charge in [-0.2, -0.15) is 0 Å². The summed E-state index contributed by atoms with van der Waals surface area (Å²) in [6.45, 7) is 1.52. The topological polar surface area (TPSA) is 74.6 Å². The Labute approximate surface area is 111 Å². The van der Waals surface area contributed by atoms with E-state index in [1.807, 2.05) is 0 Å². The van der Waals surface area contributed by atoms with E-state index < -0.39 is 17.5 Å². The van der Waals surface area contributed by atoms with Crippen molar-refractivity contribution in [2.45, 2.75) is 18.4 Å². The molecule has 0 fully saturated rings. The maximum Gasteiger partial charge on any atom is 0.337 e. The lowest BCUT2D eigenvalue weighted by atomic mass is 10.0. The standard InChI is InChI=1S/C11H10BrClO4/c1-5(13)9(14)7-4-6(2-3-8(7)12)10(15)11(16)17/h2-5,10,15H,1H3,(H,16,17). The number of Topliss-reactive ketones (excluding diaryl/α,β-unsaturated/α-hetero) is 1. The number of aliphatic carboxylic acids is 1. The number of carboxylic acid groups (broad SMARTS) is 1. The third-order valence-corrected chi connectivity index (χ3v) is 3.06. The molecule has 1 rings (SSSR count). The molecule has 0 heterocycles. The van der Waals surface area contributed by atoms with Gasteiger partial charge in [0.2, 0.25) is 0 Å².